The molecule has 2 N–H and O–H groups in total. The number of carbonyl (C=O) groups is 1. The minimum atomic E-state index is -0.344. The van der Waals surface area contributed by atoms with E-state index in [2.05, 4.69) is 20.5 Å². The largest absolute Gasteiger partial charge is 0.319 e. The molecule has 5 nitrogen and oxygen atoms in total. The van der Waals surface area contributed by atoms with E-state index in [4.69, 9.17) is 11.6 Å². The topological polar surface area (TPSA) is 70.7 Å². The Balaban J connectivity index is 2.14. The number of rotatable bonds is 4. The molecular formula is C13H15ClN4O. The lowest BCUT2D eigenvalue weighted by molar-refractivity contribution is 0.101. The van der Waals surface area contributed by atoms with Crippen LogP contribution in [0.1, 0.15) is 35.4 Å². The van der Waals surface area contributed by atoms with Gasteiger partial charge in [0, 0.05) is 17.1 Å². The Labute approximate surface area is 116 Å². The zero-order valence-electron chi connectivity index (χ0n) is 10.8. The van der Waals surface area contributed by atoms with Crippen molar-refractivity contribution in [2.45, 2.75) is 26.7 Å². The summed E-state index contributed by atoms with van der Waals surface area (Å²) in [6.45, 7) is 3.88. The Bertz CT molecular complexity index is 594. The number of nitrogens with zero attached hydrogens (tertiary/aromatic N) is 2. The van der Waals surface area contributed by atoms with E-state index >= 15 is 0 Å². The number of nitrogens with one attached hydrogen (secondary N) is 2. The van der Waals surface area contributed by atoms with E-state index in [1.165, 1.54) is 0 Å². The quantitative estimate of drug-likeness (QED) is 0.903. The Morgan fingerprint density at radius 1 is 1.47 bits per heavy atom. The van der Waals surface area contributed by atoms with Crippen LogP contribution in [0.2, 0.25) is 5.02 Å². The third-order valence-corrected chi connectivity index (χ3v) is 3.15. The number of aromatic amines is 1. The third kappa shape index (κ3) is 3.12. The minimum Gasteiger partial charge on any atom is -0.319 e. The van der Waals surface area contributed by atoms with Crippen LogP contribution >= 0.6 is 11.6 Å². The van der Waals surface area contributed by atoms with Crippen LogP contribution in [-0.4, -0.2) is 21.1 Å². The molecule has 0 atom stereocenters. The van der Waals surface area contributed by atoms with E-state index in [1.54, 1.807) is 18.2 Å². The second kappa shape index (κ2) is 5.84. The van der Waals surface area contributed by atoms with Crippen molar-refractivity contribution in [3.8, 4) is 0 Å². The predicted octanol–water partition coefficient (Wildman–Crippen LogP) is 2.97. The zero-order valence-corrected chi connectivity index (χ0v) is 11.6. The number of carbonyl (C=O) groups excluding carboxylic acids is 1. The smallest absolute Gasteiger partial charge is 0.295 e. The molecule has 1 amide bonds. The molecule has 0 aliphatic carbocycles. The van der Waals surface area contributed by atoms with Crippen LogP contribution in [0, 0.1) is 6.92 Å². The fraction of sp³-hybridized carbons (Fsp3) is 0.308. The minimum absolute atomic E-state index is 0.142. The van der Waals surface area contributed by atoms with E-state index in [1.807, 2.05) is 13.8 Å². The molecule has 1 aromatic heterocycles. The highest BCUT2D eigenvalue weighted by molar-refractivity contribution is 6.31. The first-order valence-corrected chi connectivity index (χ1v) is 6.47. The Morgan fingerprint density at radius 2 is 2.26 bits per heavy atom. The van der Waals surface area contributed by atoms with Crippen LogP contribution in [0.25, 0.3) is 0 Å². The summed E-state index contributed by atoms with van der Waals surface area (Å²) in [7, 11) is 0. The van der Waals surface area contributed by atoms with Crippen LogP contribution in [0.4, 0.5) is 5.69 Å². The van der Waals surface area contributed by atoms with Crippen LogP contribution in [0.15, 0.2) is 18.2 Å². The van der Waals surface area contributed by atoms with Crippen LogP contribution in [-0.2, 0) is 6.42 Å². The highest BCUT2D eigenvalue weighted by Crippen LogP contribution is 2.23. The molecule has 0 spiro atoms. The fourth-order valence-corrected chi connectivity index (χ4v) is 1.84. The highest BCUT2D eigenvalue weighted by atomic mass is 35.5. The first-order valence-electron chi connectivity index (χ1n) is 6.09. The fourth-order valence-electron chi connectivity index (χ4n) is 1.67. The van der Waals surface area contributed by atoms with Gasteiger partial charge < -0.3 is 5.32 Å². The maximum atomic E-state index is 12.0. The van der Waals surface area contributed by atoms with Crippen LogP contribution in [0.3, 0.4) is 0 Å². The number of amides is 1. The monoisotopic (exact) mass is 278 g/mol. The van der Waals surface area contributed by atoms with Gasteiger partial charge in [-0.2, -0.15) is 0 Å². The number of aromatic nitrogens is 3. The van der Waals surface area contributed by atoms with Gasteiger partial charge in [0.25, 0.3) is 5.91 Å². The van der Waals surface area contributed by atoms with E-state index in [9.17, 15) is 4.79 Å². The first kappa shape index (κ1) is 13.5. The van der Waals surface area contributed by atoms with Gasteiger partial charge in [-0.3, -0.25) is 9.89 Å². The highest BCUT2D eigenvalue weighted by Gasteiger charge is 2.13. The predicted molar refractivity (Wildman–Crippen MR) is 74.5 cm³/mol. The molecule has 0 unspecified atom stereocenters. The first-order chi connectivity index (χ1) is 9.11. The van der Waals surface area contributed by atoms with Gasteiger partial charge in [0.1, 0.15) is 5.82 Å². The van der Waals surface area contributed by atoms with Crippen molar-refractivity contribution in [3.05, 3.63) is 40.4 Å². The second-order valence-electron chi connectivity index (χ2n) is 4.22. The number of H-pyrrole nitrogens is 1. The maximum absolute atomic E-state index is 12.0. The van der Waals surface area contributed by atoms with Crippen LogP contribution in [0.5, 0.6) is 0 Å². The van der Waals surface area contributed by atoms with E-state index < -0.39 is 0 Å². The lowest BCUT2D eigenvalue weighted by Gasteiger charge is -2.07. The molecule has 0 radical (unpaired) electrons. The number of hydrogen-bond donors (Lipinski definition) is 2. The molecule has 0 aliphatic heterocycles. The molecule has 6 heteroatoms. The van der Waals surface area contributed by atoms with Gasteiger partial charge >= 0.3 is 0 Å². The SMILES string of the molecule is CCCc1nc(C(=O)Nc2cccc(Cl)c2C)n[nH]1. The summed E-state index contributed by atoms with van der Waals surface area (Å²) in [5, 5.41) is 10.0. The number of anilines is 1. The second-order valence-corrected chi connectivity index (χ2v) is 4.63. The molecule has 0 aliphatic rings. The normalized spacial score (nSPS) is 10.5. The lowest BCUT2D eigenvalue weighted by Crippen LogP contribution is -2.14. The molecule has 2 rings (SSSR count). The van der Waals surface area contributed by atoms with Gasteiger partial charge in [0.2, 0.25) is 5.82 Å². The van der Waals surface area contributed by atoms with Gasteiger partial charge in [-0.05, 0) is 31.0 Å². The van der Waals surface area contributed by atoms with Crippen molar-refractivity contribution in [2.24, 2.45) is 0 Å². The van der Waals surface area contributed by atoms with Crippen molar-refractivity contribution < 1.29 is 4.79 Å². The van der Waals surface area contributed by atoms with E-state index in [0.717, 1.165) is 24.2 Å². The number of hydrogen-bond acceptors (Lipinski definition) is 3. The van der Waals surface area contributed by atoms with Crippen molar-refractivity contribution in [2.75, 3.05) is 5.32 Å². The molecule has 1 aromatic carbocycles. The molecule has 100 valence electrons. The molecule has 2 aromatic rings. The van der Waals surface area contributed by atoms with Crippen LogP contribution < -0.4 is 5.32 Å². The summed E-state index contributed by atoms with van der Waals surface area (Å²) < 4.78 is 0. The summed E-state index contributed by atoms with van der Waals surface area (Å²) in [5.74, 6) is 0.516. The molecular weight excluding hydrogens is 264 g/mol. The van der Waals surface area contributed by atoms with Crippen molar-refractivity contribution in [1.29, 1.82) is 0 Å². The van der Waals surface area contributed by atoms with E-state index in [0.29, 0.717) is 10.7 Å². The average molecular weight is 279 g/mol. The van der Waals surface area contributed by atoms with Crippen molar-refractivity contribution in [1.82, 2.24) is 15.2 Å². The standard InChI is InChI=1S/C13H15ClN4O/c1-3-5-11-16-12(18-17-11)13(19)15-10-7-4-6-9(14)8(10)2/h4,6-7H,3,5H2,1-2H3,(H,15,19)(H,16,17,18). The summed E-state index contributed by atoms with van der Waals surface area (Å²) >= 11 is 6.00. The molecule has 0 saturated heterocycles. The molecule has 0 fully saturated rings. The number of aryl methyl sites for hydroxylation is 1. The molecule has 19 heavy (non-hydrogen) atoms. The maximum Gasteiger partial charge on any atom is 0.295 e. The van der Waals surface area contributed by atoms with Gasteiger partial charge in [-0.15, -0.1) is 5.10 Å². The summed E-state index contributed by atoms with van der Waals surface area (Å²) in [6, 6.07) is 5.35. The number of benzene rings is 1. The summed E-state index contributed by atoms with van der Waals surface area (Å²) in [4.78, 5) is 16.1. The van der Waals surface area contributed by atoms with E-state index in [-0.39, 0.29) is 11.7 Å². The summed E-state index contributed by atoms with van der Waals surface area (Å²) in [5.41, 5.74) is 1.49. The Hall–Kier alpha value is -1.88. The van der Waals surface area contributed by atoms with Gasteiger partial charge in [0.05, 0.1) is 0 Å². The van der Waals surface area contributed by atoms with Gasteiger partial charge in [-0.25, -0.2) is 4.98 Å². The van der Waals surface area contributed by atoms with Crippen molar-refractivity contribution >= 4 is 23.2 Å². The van der Waals surface area contributed by atoms with Gasteiger partial charge in [0.15, 0.2) is 0 Å². The van der Waals surface area contributed by atoms with Gasteiger partial charge in [-0.1, -0.05) is 24.6 Å². The Kier molecular flexibility index (Phi) is 4.16. The molecule has 1 heterocycles. The number of halogens is 1. The third-order valence-electron chi connectivity index (χ3n) is 2.74. The Morgan fingerprint density at radius 3 is 3.00 bits per heavy atom. The zero-order chi connectivity index (χ0) is 13.8. The lowest BCUT2D eigenvalue weighted by atomic mass is 10.2. The average Bonchev–Trinajstić information content (AvgIpc) is 2.84. The summed E-state index contributed by atoms with van der Waals surface area (Å²) in [6.07, 6.45) is 1.72. The van der Waals surface area contributed by atoms with Crippen molar-refractivity contribution in [3.63, 3.8) is 0 Å². The molecule has 0 saturated carbocycles. The molecule has 0 bridgehead atoms.